The quantitative estimate of drug-likeness (QED) is 0.500. The first-order chi connectivity index (χ1) is 11.7. The number of nitrogen functional groups attached to an aromatic ring is 1. The third kappa shape index (κ3) is 3.10. The van der Waals surface area contributed by atoms with E-state index in [1.807, 2.05) is 0 Å². The van der Waals surface area contributed by atoms with Crippen LogP contribution in [0.3, 0.4) is 0 Å². The highest BCUT2D eigenvalue weighted by atomic mass is 19.2. The number of Topliss-reactive ketones (excluding diaryl/α,β-unsaturated/α-hetero) is 1. The average Bonchev–Trinajstić information content (AvgIpc) is 2.59. The van der Waals surface area contributed by atoms with Crippen molar-refractivity contribution in [3.05, 3.63) is 67.4 Å². The van der Waals surface area contributed by atoms with E-state index in [2.05, 4.69) is 0 Å². The van der Waals surface area contributed by atoms with Gasteiger partial charge in [-0.25, -0.2) is 13.6 Å². The molecule has 0 saturated carbocycles. The predicted molar refractivity (Wildman–Crippen MR) is 85.6 cm³/mol. The van der Waals surface area contributed by atoms with Crippen LogP contribution in [0.2, 0.25) is 0 Å². The Bertz CT molecular complexity index is 1070. The number of benzene rings is 1. The summed E-state index contributed by atoms with van der Waals surface area (Å²) >= 11 is 0. The van der Waals surface area contributed by atoms with Crippen molar-refractivity contribution in [3.8, 4) is 6.07 Å². The Balaban J connectivity index is 2.65. The van der Waals surface area contributed by atoms with Crippen LogP contribution < -0.4 is 17.0 Å². The largest absolute Gasteiger partial charge is 0.384 e. The number of ketones is 1. The molecule has 1 heterocycles. The van der Waals surface area contributed by atoms with E-state index in [0.29, 0.717) is 4.57 Å². The molecule has 0 aliphatic heterocycles. The van der Waals surface area contributed by atoms with Crippen LogP contribution in [0.1, 0.15) is 15.9 Å². The van der Waals surface area contributed by atoms with Gasteiger partial charge in [-0.3, -0.25) is 18.7 Å². The lowest BCUT2D eigenvalue weighted by Crippen LogP contribution is -2.41. The van der Waals surface area contributed by atoms with Crippen LogP contribution in [0, 0.1) is 23.0 Å². The number of anilines is 1. The Morgan fingerprint density at radius 2 is 1.84 bits per heavy atom. The summed E-state index contributed by atoms with van der Waals surface area (Å²) in [5.41, 5.74) is 2.94. The second-order valence-electron chi connectivity index (χ2n) is 5.14. The molecular weight excluding hydrogens is 334 g/mol. The number of nitriles is 1. The molecular formula is C16H12F2N4O3. The summed E-state index contributed by atoms with van der Waals surface area (Å²) in [5, 5.41) is 9.19. The number of aromatic nitrogens is 2. The Labute approximate surface area is 139 Å². The van der Waals surface area contributed by atoms with Crippen molar-refractivity contribution in [3.63, 3.8) is 0 Å². The van der Waals surface area contributed by atoms with Gasteiger partial charge < -0.3 is 5.73 Å². The third-order valence-corrected chi connectivity index (χ3v) is 3.56. The summed E-state index contributed by atoms with van der Waals surface area (Å²) < 4.78 is 27.8. The minimum absolute atomic E-state index is 0.0454. The fourth-order valence-electron chi connectivity index (χ4n) is 2.13. The van der Waals surface area contributed by atoms with Gasteiger partial charge in [0.2, 0.25) is 5.78 Å². The Morgan fingerprint density at radius 3 is 2.40 bits per heavy atom. The van der Waals surface area contributed by atoms with E-state index in [1.54, 1.807) is 6.07 Å². The first-order valence-corrected chi connectivity index (χ1v) is 6.86. The summed E-state index contributed by atoms with van der Waals surface area (Å²) in [6.07, 6.45) is 0.995. The molecule has 0 atom stereocenters. The molecule has 9 heteroatoms. The molecule has 0 fully saturated rings. The zero-order chi connectivity index (χ0) is 18.9. The second-order valence-corrected chi connectivity index (χ2v) is 5.14. The van der Waals surface area contributed by atoms with Crippen molar-refractivity contribution < 1.29 is 13.6 Å². The van der Waals surface area contributed by atoms with Crippen LogP contribution in [0.4, 0.5) is 14.6 Å². The number of nitrogens with zero attached hydrogens (tertiary/aromatic N) is 3. The molecule has 1 aromatic carbocycles. The van der Waals surface area contributed by atoms with E-state index >= 15 is 0 Å². The summed E-state index contributed by atoms with van der Waals surface area (Å²) in [5.74, 6) is -3.67. The highest BCUT2D eigenvalue weighted by Crippen LogP contribution is 2.16. The van der Waals surface area contributed by atoms with Gasteiger partial charge in [0, 0.05) is 14.1 Å². The maximum atomic E-state index is 13.3. The number of rotatable bonds is 3. The number of allylic oxidation sites excluding steroid dienone is 1. The Morgan fingerprint density at radius 1 is 1.20 bits per heavy atom. The fourth-order valence-corrected chi connectivity index (χ4v) is 2.13. The summed E-state index contributed by atoms with van der Waals surface area (Å²) in [4.78, 5) is 36.5. The fraction of sp³-hybridized carbons (Fsp3) is 0.125. The van der Waals surface area contributed by atoms with E-state index in [1.165, 1.54) is 7.05 Å². The normalized spacial score (nSPS) is 11.2. The minimum atomic E-state index is -1.16. The maximum absolute atomic E-state index is 13.3. The SMILES string of the molecule is Cn1c(N)c(C(=O)/C(C#N)=C/c2ccc(F)c(F)c2)c(=O)n(C)c1=O. The number of hydrogen-bond acceptors (Lipinski definition) is 5. The summed E-state index contributed by atoms with van der Waals surface area (Å²) in [6, 6.07) is 4.38. The van der Waals surface area contributed by atoms with E-state index in [9.17, 15) is 28.4 Å². The molecule has 0 bridgehead atoms. The second kappa shape index (κ2) is 6.52. The first-order valence-electron chi connectivity index (χ1n) is 6.86. The van der Waals surface area contributed by atoms with E-state index in [-0.39, 0.29) is 5.56 Å². The number of nitrogens with two attached hydrogens (primary N) is 1. The van der Waals surface area contributed by atoms with Gasteiger partial charge >= 0.3 is 5.69 Å². The summed E-state index contributed by atoms with van der Waals surface area (Å²) in [6.45, 7) is 0. The highest BCUT2D eigenvalue weighted by Gasteiger charge is 2.23. The van der Waals surface area contributed by atoms with Crippen molar-refractivity contribution in [1.29, 1.82) is 5.26 Å². The molecule has 2 aromatic rings. The molecule has 128 valence electrons. The van der Waals surface area contributed by atoms with Crippen LogP contribution in [0.5, 0.6) is 0 Å². The van der Waals surface area contributed by atoms with Crippen LogP contribution >= 0.6 is 0 Å². The van der Waals surface area contributed by atoms with Crippen molar-refractivity contribution in [1.82, 2.24) is 9.13 Å². The number of carbonyl (C=O) groups excluding carboxylic acids is 1. The molecule has 0 aliphatic rings. The van der Waals surface area contributed by atoms with Crippen LogP contribution in [0.25, 0.3) is 6.08 Å². The minimum Gasteiger partial charge on any atom is -0.384 e. The van der Waals surface area contributed by atoms with E-state index in [0.717, 1.165) is 35.9 Å². The van der Waals surface area contributed by atoms with Gasteiger partial charge in [0.15, 0.2) is 11.6 Å². The molecule has 25 heavy (non-hydrogen) atoms. The molecule has 0 spiro atoms. The van der Waals surface area contributed by atoms with Crippen LogP contribution in [0.15, 0.2) is 33.4 Å². The molecule has 0 unspecified atom stereocenters. The van der Waals surface area contributed by atoms with Crippen LogP contribution in [-0.2, 0) is 14.1 Å². The highest BCUT2D eigenvalue weighted by molar-refractivity contribution is 6.16. The standard InChI is InChI=1S/C16H12F2N4O3/c1-21-14(20)12(15(24)22(2)16(21)25)13(23)9(7-19)5-8-3-4-10(17)11(18)6-8/h3-6H,20H2,1-2H3/b9-5+. The maximum Gasteiger partial charge on any atom is 0.332 e. The zero-order valence-electron chi connectivity index (χ0n) is 13.2. The molecule has 0 saturated heterocycles. The van der Waals surface area contributed by atoms with E-state index < -0.39 is 45.6 Å². The van der Waals surface area contributed by atoms with Crippen molar-refractivity contribution in [2.45, 2.75) is 0 Å². The van der Waals surface area contributed by atoms with Crippen molar-refractivity contribution in [2.24, 2.45) is 14.1 Å². The van der Waals surface area contributed by atoms with Gasteiger partial charge in [-0.2, -0.15) is 5.26 Å². The monoisotopic (exact) mass is 346 g/mol. The van der Waals surface area contributed by atoms with Crippen LogP contribution in [-0.4, -0.2) is 14.9 Å². The molecule has 0 amide bonds. The van der Waals surface area contributed by atoms with E-state index in [4.69, 9.17) is 5.73 Å². The lowest BCUT2D eigenvalue weighted by molar-refractivity contribution is 0.103. The Hall–Kier alpha value is -3.54. The third-order valence-electron chi connectivity index (χ3n) is 3.56. The molecule has 7 nitrogen and oxygen atoms in total. The Kier molecular flexibility index (Phi) is 4.65. The molecule has 2 N–H and O–H groups in total. The van der Waals surface area contributed by atoms with Gasteiger partial charge in [-0.1, -0.05) is 6.07 Å². The van der Waals surface area contributed by atoms with Gasteiger partial charge in [-0.15, -0.1) is 0 Å². The molecule has 1 aromatic heterocycles. The summed E-state index contributed by atoms with van der Waals surface area (Å²) in [7, 11) is 2.42. The molecule has 0 radical (unpaired) electrons. The first kappa shape index (κ1) is 17.8. The predicted octanol–water partition coefficient (Wildman–Crippen LogP) is 0.734. The molecule has 0 aliphatic carbocycles. The van der Waals surface area contributed by atoms with Gasteiger partial charge in [0.1, 0.15) is 23.0 Å². The number of halogens is 2. The van der Waals surface area contributed by atoms with Gasteiger partial charge in [-0.05, 0) is 23.8 Å². The lowest BCUT2D eigenvalue weighted by atomic mass is 10.0. The number of hydrogen-bond donors (Lipinski definition) is 1. The van der Waals surface area contributed by atoms with Gasteiger partial charge in [0.05, 0.1) is 0 Å². The van der Waals surface area contributed by atoms with Gasteiger partial charge in [0.25, 0.3) is 5.56 Å². The zero-order valence-corrected chi connectivity index (χ0v) is 13.2. The van der Waals surface area contributed by atoms with Crippen molar-refractivity contribution >= 4 is 17.7 Å². The topological polar surface area (TPSA) is 111 Å². The average molecular weight is 346 g/mol. The smallest absolute Gasteiger partial charge is 0.332 e. The lowest BCUT2D eigenvalue weighted by Gasteiger charge is -2.10. The van der Waals surface area contributed by atoms with Crippen molar-refractivity contribution in [2.75, 3.05) is 5.73 Å². The number of carbonyl (C=O) groups is 1. The molecule has 2 rings (SSSR count).